The molecule has 2 fully saturated rings. The number of ether oxygens (including phenoxy) is 1. The van der Waals surface area contributed by atoms with E-state index in [1.807, 2.05) is 18.2 Å². The number of morpholine rings is 1. The van der Waals surface area contributed by atoms with E-state index < -0.39 is 0 Å². The molecule has 5 heteroatoms. The van der Waals surface area contributed by atoms with Crippen molar-refractivity contribution in [1.29, 1.82) is 5.26 Å². The Kier molecular flexibility index (Phi) is 4.08. The number of likely N-dealkylation sites (tertiary alicyclic amines) is 1. The molecule has 0 amide bonds. The molecule has 2 aliphatic rings. The van der Waals surface area contributed by atoms with Crippen LogP contribution in [0, 0.1) is 11.3 Å². The fraction of sp³-hybridized carbons (Fsp3) is 0.533. The zero-order chi connectivity index (χ0) is 14.1. The van der Waals surface area contributed by atoms with Gasteiger partial charge in [-0.1, -0.05) is 22.0 Å². The van der Waals surface area contributed by atoms with Gasteiger partial charge in [0.15, 0.2) is 0 Å². The molecule has 0 aliphatic carbocycles. The molecule has 1 aromatic carbocycles. The van der Waals surface area contributed by atoms with Crippen LogP contribution in [0.2, 0.25) is 0 Å². The normalized spacial score (nSPS) is 27.2. The van der Waals surface area contributed by atoms with E-state index in [1.165, 1.54) is 5.56 Å². The third-order valence-corrected chi connectivity index (χ3v) is 4.97. The van der Waals surface area contributed by atoms with Gasteiger partial charge in [0.1, 0.15) is 0 Å². The molecule has 3 rings (SSSR count). The molecule has 106 valence electrons. The number of halogens is 1. The molecule has 2 saturated heterocycles. The Hall–Kier alpha value is -0.930. The van der Waals surface area contributed by atoms with Crippen LogP contribution in [0.1, 0.15) is 11.1 Å². The Morgan fingerprint density at radius 1 is 1.45 bits per heavy atom. The monoisotopic (exact) mass is 335 g/mol. The van der Waals surface area contributed by atoms with Crippen LogP contribution in [0.5, 0.6) is 0 Å². The van der Waals surface area contributed by atoms with Gasteiger partial charge in [0.05, 0.1) is 24.3 Å². The number of likely N-dealkylation sites (N-methyl/N-ethyl adjacent to an activating group) is 1. The summed E-state index contributed by atoms with van der Waals surface area (Å²) in [7, 11) is 2.18. The molecule has 2 atom stereocenters. The fourth-order valence-electron chi connectivity index (χ4n) is 3.05. The summed E-state index contributed by atoms with van der Waals surface area (Å²) in [5.41, 5.74) is 1.92. The first-order valence-electron chi connectivity index (χ1n) is 6.90. The lowest BCUT2D eigenvalue weighted by molar-refractivity contribution is -0.0370. The van der Waals surface area contributed by atoms with Gasteiger partial charge in [-0.2, -0.15) is 5.26 Å². The summed E-state index contributed by atoms with van der Waals surface area (Å²) in [6, 6.07) is 8.49. The highest BCUT2D eigenvalue weighted by atomic mass is 79.9. The Morgan fingerprint density at radius 2 is 2.30 bits per heavy atom. The second-order valence-corrected chi connectivity index (χ2v) is 6.42. The van der Waals surface area contributed by atoms with Crippen LogP contribution in [-0.4, -0.2) is 55.2 Å². The lowest BCUT2D eigenvalue weighted by atomic mass is 10.1. The lowest BCUT2D eigenvalue weighted by Gasteiger charge is -2.33. The predicted octanol–water partition coefficient (Wildman–Crippen LogP) is 1.84. The number of fused-ring (bicyclic) bond motifs is 1. The quantitative estimate of drug-likeness (QED) is 0.826. The fourth-order valence-corrected chi connectivity index (χ4v) is 3.55. The van der Waals surface area contributed by atoms with Gasteiger partial charge in [0.2, 0.25) is 0 Å². The van der Waals surface area contributed by atoms with Crippen LogP contribution in [0.3, 0.4) is 0 Å². The minimum Gasteiger partial charge on any atom is -0.374 e. The largest absolute Gasteiger partial charge is 0.374 e. The van der Waals surface area contributed by atoms with Crippen molar-refractivity contribution in [3.63, 3.8) is 0 Å². The average Bonchev–Trinajstić information content (AvgIpc) is 2.85. The number of benzene rings is 1. The molecule has 20 heavy (non-hydrogen) atoms. The van der Waals surface area contributed by atoms with E-state index in [9.17, 15) is 0 Å². The average molecular weight is 336 g/mol. The van der Waals surface area contributed by atoms with Crippen molar-refractivity contribution < 1.29 is 4.74 Å². The minimum atomic E-state index is 0.339. The van der Waals surface area contributed by atoms with Crippen LogP contribution < -0.4 is 0 Å². The summed E-state index contributed by atoms with van der Waals surface area (Å²) in [6.45, 7) is 4.80. The van der Waals surface area contributed by atoms with Crippen molar-refractivity contribution in [2.45, 2.75) is 18.7 Å². The van der Waals surface area contributed by atoms with Crippen LogP contribution in [-0.2, 0) is 11.3 Å². The van der Waals surface area contributed by atoms with E-state index >= 15 is 0 Å². The molecule has 0 aromatic heterocycles. The van der Waals surface area contributed by atoms with Crippen LogP contribution in [0.25, 0.3) is 0 Å². The maximum atomic E-state index is 8.90. The summed E-state index contributed by atoms with van der Waals surface area (Å²) in [4.78, 5) is 4.84. The molecule has 1 aromatic rings. The van der Waals surface area contributed by atoms with Crippen molar-refractivity contribution >= 4 is 15.9 Å². The number of nitriles is 1. The van der Waals surface area contributed by atoms with Gasteiger partial charge >= 0.3 is 0 Å². The first-order valence-corrected chi connectivity index (χ1v) is 7.69. The summed E-state index contributed by atoms with van der Waals surface area (Å²) in [6.07, 6.45) is 0.339. The number of nitrogens with zero attached hydrogens (tertiary/aromatic N) is 3. The van der Waals surface area contributed by atoms with Gasteiger partial charge in [-0.3, -0.25) is 9.80 Å². The zero-order valence-corrected chi connectivity index (χ0v) is 13.1. The molecule has 0 spiro atoms. The standard InChI is InChI=1S/C15H18BrN3O/c1-18-4-5-20-15-10-19(9-14(15)18)8-12-3-2-11(7-17)6-13(12)16/h2-3,6,14-15H,4-5,8-10H2,1H3/t14-,15-/m0/s1. The van der Waals surface area contributed by atoms with Gasteiger partial charge in [0.25, 0.3) is 0 Å². The minimum absolute atomic E-state index is 0.339. The highest BCUT2D eigenvalue weighted by molar-refractivity contribution is 9.10. The molecule has 0 bridgehead atoms. The molecule has 2 aliphatic heterocycles. The maximum Gasteiger partial charge on any atom is 0.0992 e. The Labute approximate surface area is 128 Å². The van der Waals surface area contributed by atoms with E-state index in [4.69, 9.17) is 10.00 Å². The zero-order valence-electron chi connectivity index (χ0n) is 11.6. The van der Waals surface area contributed by atoms with E-state index in [-0.39, 0.29) is 0 Å². The first kappa shape index (κ1) is 14.0. The van der Waals surface area contributed by atoms with Gasteiger partial charge in [-0.15, -0.1) is 0 Å². The van der Waals surface area contributed by atoms with Crippen LogP contribution in [0.4, 0.5) is 0 Å². The van der Waals surface area contributed by atoms with E-state index in [0.717, 1.165) is 37.3 Å². The van der Waals surface area contributed by atoms with Crippen LogP contribution >= 0.6 is 15.9 Å². The van der Waals surface area contributed by atoms with Crippen LogP contribution in [0.15, 0.2) is 22.7 Å². The molecule has 2 heterocycles. The molecule has 0 N–H and O–H groups in total. The molecular formula is C15H18BrN3O. The van der Waals surface area contributed by atoms with E-state index in [1.54, 1.807) is 0 Å². The smallest absolute Gasteiger partial charge is 0.0992 e. The predicted molar refractivity (Wildman–Crippen MR) is 80.3 cm³/mol. The van der Waals surface area contributed by atoms with Gasteiger partial charge in [-0.25, -0.2) is 0 Å². The van der Waals surface area contributed by atoms with Gasteiger partial charge in [0, 0.05) is 36.7 Å². The second kappa shape index (κ2) is 5.82. The third kappa shape index (κ3) is 2.75. The number of rotatable bonds is 2. The topological polar surface area (TPSA) is 39.5 Å². The molecule has 0 saturated carbocycles. The van der Waals surface area contributed by atoms with Gasteiger partial charge < -0.3 is 4.74 Å². The highest BCUT2D eigenvalue weighted by Gasteiger charge is 2.38. The summed E-state index contributed by atoms with van der Waals surface area (Å²) >= 11 is 3.56. The van der Waals surface area contributed by atoms with E-state index in [0.29, 0.717) is 17.7 Å². The Balaban J connectivity index is 1.69. The molecular weight excluding hydrogens is 318 g/mol. The van der Waals surface area contributed by atoms with Crippen molar-refractivity contribution in [2.24, 2.45) is 0 Å². The SMILES string of the molecule is CN1CCO[C@H]2CN(Cc3ccc(C#N)cc3Br)C[C@@H]21. The van der Waals surface area contributed by atoms with Crippen molar-refractivity contribution in [2.75, 3.05) is 33.3 Å². The van der Waals surface area contributed by atoms with Crippen molar-refractivity contribution in [1.82, 2.24) is 9.80 Å². The molecule has 0 radical (unpaired) electrons. The molecule has 0 unspecified atom stereocenters. The number of hydrogen-bond acceptors (Lipinski definition) is 4. The summed E-state index contributed by atoms with van der Waals surface area (Å²) in [5.74, 6) is 0. The Bertz CT molecular complexity index is 542. The summed E-state index contributed by atoms with van der Waals surface area (Å²) in [5, 5.41) is 8.90. The van der Waals surface area contributed by atoms with Gasteiger partial charge in [-0.05, 0) is 24.7 Å². The van der Waals surface area contributed by atoms with Crippen molar-refractivity contribution in [3.8, 4) is 6.07 Å². The highest BCUT2D eigenvalue weighted by Crippen LogP contribution is 2.26. The maximum absolute atomic E-state index is 8.90. The van der Waals surface area contributed by atoms with E-state index in [2.05, 4.69) is 38.8 Å². The Morgan fingerprint density at radius 3 is 3.00 bits per heavy atom. The summed E-state index contributed by atoms with van der Waals surface area (Å²) < 4.78 is 6.88. The second-order valence-electron chi connectivity index (χ2n) is 5.57. The first-order chi connectivity index (χ1) is 9.67. The molecule has 4 nitrogen and oxygen atoms in total. The lowest BCUT2D eigenvalue weighted by Crippen LogP contribution is -2.48. The third-order valence-electron chi connectivity index (χ3n) is 4.23. The van der Waals surface area contributed by atoms with Crippen molar-refractivity contribution in [3.05, 3.63) is 33.8 Å². The number of hydrogen-bond donors (Lipinski definition) is 0.